The van der Waals surface area contributed by atoms with Gasteiger partial charge in [0.1, 0.15) is 0 Å². The van der Waals surface area contributed by atoms with E-state index in [-0.39, 0.29) is 0 Å². The largest absolute Gasteiger partial charge is 0.481 e. The standard InChI is InChI=1S/C13H21N3O2/c14-7-5-10(13(17)18)9-11-6-8-16(15-11)12-3-1-2-4-12/h6,8,10,12H,1-5,7,9,14H2,(H,17,18). The van der Waals surface area contributed by atoms with E-state index in [4.69, 9.17) is 10.8 Å². The summed E-state index contributed by atoms with van der Waals surface area (Å²) in [5.41, 5.74) is 6.30. The summed E-state index contributed by atoms with van der Waals surface area (Å²) in [6.07, 6.45) is 7.87. The smallest absolute Gasteiger partial charge is 0.306 e. The van der Waals surface area contributed by atoms with Crippen LogP contribution in [0.1, 0.15) is 43.8 Å². The van der Waals surface area contributed by atoms with Crippen molar-refractivity contribution in [3.05, 3.63) is 18.0 Å². The Hall–Kier alpha value is -1.36. The lowest BCUT2D eigenvalue weighted by molar-refractivity contribution is -0.141. The number of carbonyl (C=O) groups is 1. The van der Waals surface area contributed by atoms with E-state index in [0.29, 0.717) is 25.4 Å². The third-order valence-corrected chi connectivity index (χ3v) is 3.68. The lowest BCUT2D eigenvalue weighted by Gasteiger charge is -2.10. The van der Waals surface area contributed by atoms with E-state index in [2.05, 4.69) is 5.10 Å². The number of hydrogen-bond acceptors (Lipinski definition) is 3. The number of nitrogens with two attached hydrogens (primary N) is 1. The van der Waals surface area contributed by atoms with Gasteiger partial charge in [0.05, 0.1) is 17.7 Å². The minimum Gasteiger partial charge on any atom is -0.481 e. The molecule has 5 heteroatoms. The quantitative estimate of drug-likeness (QED) is 0.804. The summed E-state index contributed by atoms with van der Waals surface area (Å²) >= 11 is 0. The average Bonchev–Trinajstić information content (AvgIpc) is 2.98. The molecule has 1 aliphatic carbocycles. The number of hydrogen-bond donors (Lipinski definition) is 2. The molecule has 100 valence electrons. The molecule has 1 saturated carbocycles. The summed E-state index contributed by atoms with van der Waals surface area (Å²) in [6, 6.07) is 2.45. The molecule has 0 radical (unpaired) electrons. The van der Waals surface area contributed by atoms with Crippen LogP contribution in [0.2, 0.25) is 0 Å². The normalized spacial score (nSPS) is 18.1. The number of carboxylic acid groups (broad SMARTS) is 1. The number of rotatable bonds is 6. The molecule has 0 bridgehead atoms. The highest BCUT2D eigenvalue weighted by atomic mass is 16.4. The Balaban J connectivity index is 1.98. The van der Waals surface area contributed by atoms with Crippen LogP contribution in [0.15, 0.2) is 12.3 Å². The predicted molar refractivity (Wildman–Crippen MR) is 68.2 cm³/mol. The fraction of sp³-hybridized carbons (Fsp3) is 0.692. The van der Waals surface area contributed by atoms with Gasteiger partial charge in [-0.05, 0) is 31.9 Å². The Labute approximate surface area is 107 Å². The zero-order valence-corrected chi connectivity index (χ0v) is 10.6. The van der Waals surface area contributed by atoms with E-state index < -0.39 is 11.9 Å². The summed E-state index contributed by atoms with van der Waals surface area (Å²) in [5, 5.41) is 13.6. The van der Waals surface area contributed by atoms with Gasteiger partial charge in [-0.25, -0.2) is 0 Å². The maximum absolute atomic E-state index is 11.1. The Morgan fingerprint density at radius 2 is 2.28 bits per heavy atom. The van der Waals surface area contributed by atoms with E-state index in [1.54, 1.807) is 0 Å². The highest BCUT2D eigenvalue weighted by Gasteiger charge is 2.21. The second-order valence-electron chi connectivity index (χ2n) is 5.04. The molecule has 0 aliphatic heterocycles. The average molecular weight is 251 g/mol. The summed E-state index contributed by atoms with van der Waals surface area (Å²) in [7, 11) is 0. The van der Waals surface area contributed by atoms with Crippen molar-refractivity contribution in [3.8, 4) is 0 Å². The van der Waals surface area contributed by atoms with Crippen LogP contribution in [-0.4, -0.2) is 27.4 Å². The van der Waals surface area contributed by atoms with Crippen LogP contribution >= 0.6 is 0 Å². The summed E-state index contributed by atoms with van der Waals surface area (Å²) in [4.78, 5) is 11.1. The van der Waals surface area contributed by atoms with E-state index in [1.165, 1.54) is 25.7 Å². The van der Waals surface area contributed by atoms with Gasteiger partial charge in [-0.15, -0.1) is 0 Å². The number of aliphatic carboxylic acids is 1. The zero-order chi connectivity index (χ0) is 13.0. The molecular weight excluding hydrogens is 230 g/mol. The van der Waals surface area contributed by atoms with E-state index in [9.17, 15) is 4.79 Å². The van der Waals surface area contributed by atoms with E-state index in [1.807, 2.05) is 16.9 Å². The maximum Gasteiger partial charge on any atom is 0.306 e. The molecule has 0 aromatic carbocycles. The maximum atomic E-state index is 11.1. The fourth-order valence-corrected chi connectivity index (χ4v) is 2.62. The van der Waals surface area contributed by atoms with Gasteiger partial charge in [0, 0.05) is 12.6 Å². The minimum atomic E-state index is -0.782. The van der Waals surface area contributed by atoms with Gasteiger partial charge in [0.2, 0.25) is 0 Å². The fourth-order valence-electron chi connectivity index (χ4n) is 2.62. The third-order valence-electron chi connectivity index (χ3n) is 3.68. The molecule has 1 aromatic rings. The molecule has 3 N–H and O–H groups in total. The third kappa shape index (κ3) is 3.10. The minimum absolute atomic E-state index is 0.403. The number of aromatic nitrogens is 2. The highest BCUT2D eigenvalue weighted by molar-refractivity contribution is 5.70. The summed E-state index contributed by atoms with van der Waals surface area (Å²) in [5.74, 6) is -1.20. The molecule has 0 saturated heterocycles. The van der Waals surface area contributed by atoms with E-state index in [0.717, 1.165) is 5.69 Å². The highest BCUT2D eigenvalue weighted by Crippen LogP contribution is 2.28. The number of carboxylic acids is 1. The molecule has 18 heavy (non-hydrogen) atoms. The molecule has 0 spiro atoms. The molecule has 1 unspecified atom stereocenters. The second kappa shape index (κ2) is 6.00. The monoisotopic (exact) mass is 251 g/mol. The van der Waals surface area contributed by atoms with Gasteiger partial charge in [-0.3, -0.25) is 9.48 Å². The van der Waals surface area contributed by atoms with Gasteiger partial charge < -0.3 is 10.8 Å². The summed E-state index contributed by atoms with van der Waals surface area (Å²) < 4.78 is 2.00. The molecule has 0 amide bonds. The van der Waals surface area contributed by atoms with Gasteiger partial charge in [-0.1, -0.05) is 12.8 Å². The van der Waals surface area contributed by atoms with Crippen molar-refractivity contribution in [1.82, 2.24) is 9.78 Å². The van der Waals surface area contributed by atoms with Crippen molar-refractivity contribution in [2.45, 2.75) is 44.6 Å². The molecule has 1 aliphatic rings. The lowest BCUT2D eigenvalue weighted by Crippen LogP contribution is -2.20. The van der Waals surface area contributed by atoms with Crippen molar-refractivity contribution < 1.29 is 9.90 Å². The topological polar surface area (TPSA) is 81.1 Å². The van der Waals surface area contributed by atoms with Crippen LogP contribution in [0.3, 0.4) is 0 Å². The van der Waals surface area contributed by atoms with Crippen molar-refractivity contribution in [2.24, 2.45) is 11.7 Å². The van der Waals surface area contributed by atoms with Crippen LogP contribution < -0.4 is 5.73 Å². The molecule has 2 rings (SSSR count). The predicted octanol–water partition coefficient (Wildman–Crippen LogP) is 1.59. The van der Waals surface area contributed by atoms with Gasteiger partial charge in [0.25, 0.3) is 0 Å². The van der Waals surface area contributed by atoms with Crippen molar-refractivity contribution >= 4 is 5.97 Å². The Morgan fingerprint density at radius 1 is 1.56 bits per heavy atom. The molecular formula is C13H21N3O2. The lowest BCUT2D eigenvalue weighted by atomic mass is 10.00. The van der Waals surface area contributed by atoms with Crippen molar-refractivity contribution in [3.63, 3.8) is 0 Å². The van der Waals surface area contributed by atoms with Crippen molar-refractivity contribution in [1.29, 1.82) is 0 Å². The van der Waals surface area contributed by atoms with Crippen LogP contribution in [-0.2, 0) is 11.2 Å². The Morgan fingerprint density at radius 3 is 2.89 bits per heavy atom. The molecule has 1 atom stereocenters. The van der Waals surface area contributed by atoms with Crippen LogP contribution in [0, 0.1) is 5.92 Å². The van der Waals surface area contributed by atoms with Gasteiger partial charge in [-0.2, -0.15) is 5.10 Å². The summed E-state index contributed by atoms with van der Waals surface area (Å²) in [6.45, 7) is 0.403. The Bertz CT molecular complexity index is 397. The first-order valence-corrected chi connectivity index (χ1v) is 6.67. The van der Waals surface area contributed by atoms with Gasteiger partial charge in [0.15, 0.2) is 0 Å². The first kappa shape index (κ1) is 13.1. The van der Waals surface area contributed by atoms with Crippen LogP contribution in [0.25, 0.3) is 0 Å². The molecule has 1 aromatic heterocycles. The molecule has 1 heterocycles. The SMILES string of the molecule is NCCC(Cc1ccn(C2CCCC2)n1)C(=O)O. The van der Waals surface area contributed by atoms with Crippen LogP contribution in [0.5, 0.6) is 0 Å². The first-order valence-electron chi connectivity index (χ1n) is 6.67. The second-order valence-corrected chi connectivity index (χ2v) is 5.04. The van der Waals surface area contributed by atoms with Crippen molar-refractivity contribution in [2.75, 3.05) is 6.54 Å². The van der Waals surface area contributed by atoms with Gasteiger partial charge >= 0.3 is 5.97 Å². The zero-order valence-electron chi connectivity index (χ0n) is 10.6. The number of nitrogens with zero attached hydrogens (tertiary/aromatic N) is 2. The molecule has 1 fully saturated rings. The molecule has 5 nitrogen and oxygen atoms in total. The van der Waals surface area contributed by atoms with E-state index >= 15 is 0 Å². The first-order chi connectivity index (χ1) is 8.70. The Kier molecular flexibility index (Phi) is 4.36. The van der Waals surface area contributed by atoms with Crippen LogP contribution in [0.4, 0.5) is 0 Å².